The lowest BCUT2D eigenvalue weighted by Gasteiger charge is -2.26. The smallest absolute Gasteiger partial charge is 0.407 e. The first kappa shape index (κ1) is 26.4. The minimum Gasteiger partial charge on any atom is -0.459 e. The largest absolute Gasteiger partial charge is 0.459 e. The maximum Gasteiger partial charge on any atom is 0.407 e. The molecule has 0 unspecified atom stereocenters. The Balaban J connectivity index is 1.94. The van der Waals surface area contributed by atoms with E-state index in [2.05, 4.69) is 11.9 Å². The van der Waals surface area contributed by atoms with Gasteiger partial charge in [0.05, 0.1) is 6.54 Å². The third kappa shape index (κ3) is 10.7. The van der Waals surface area contributed by atoms with Gasteiger partial charge in [0.15, 0.2) is 0 Å². The van der Waals surface area contributed by atoms with Crippen LogP contribution in [0.25, 0.3) is 0 Å². The summed E-state index contributed by atoms with van der Waals surface area (Å²) in [6.07, 6.45) is -0.632. The van der Waals surface area contributed by atoms with Crippen molar-refractivity contribution >= 4 is 18.0 Å². The predicted octanol–water partition coefficient (Wildman–Crippen LogP) is 3.81. The van der Waals surface area contributed by atoms with Crippen LogP contribution in [0.4, 0.5) is 4.79 Å². The van der Waals surface area contributed by atoms with Gasteiger partial charge in [-0.2, -0.15) is 0 Å². The SMILES string of the molecule is C=C(CNC(=O)OC(C)(C)C)N(CC(=O)OCc1ccccc1)CC(=O)OCc1ccccc1. The fourth-order valence-corrected chi connectivity index (χ4v) is 2.76. The van der Waals surface area contributed by atoms with Crippen molar-refractivity contribution in [2.45, 2.75) is 39.6 Å². The van der Waals surface area contributed by atoms with Crippen LogP contribution in [0.3, 0.4) is 0 Å². The topological polar surface area (TPSA) is 94.2 Å². The number of benzene rings is 2. The number of hydrogen-bond donors (Lipinski definition) is 1. The van der Waals surface area contributed by atoms with E-state index in [1.165, 1.54) is 4.90 Å². The molecule has 1 amide bonds. The summed E-state index contributed by atoms with van der Waals surface area (Å²) in [6, 6.07) is 18.5. The van der Waals surface area contributed by atoms with E-state index in [4.69, 9.17) is 14.2 Å². The van der Waals surface area contributed by atoms with Crippen molar-refractivity contribution in [3.8, 4) is 0 Å². The van der Waals surface area contributed by atoms with E-state index in [0.29, 0.717) is 5.70 Å². The molecular weight excluding hydrogens is 436 g/mol. The van der Waals surface area contributed by atoms with Crippen molar-refractivity contribution in [3.05, 3.63) is 84.1 Å². The Morgan fingerprint density at radius 2 is 1.26 bits per heavy atom. The molecule has 8 heteroatoms. The molecule has 0 radical (unpaired) electrons. The van der Waals surface area contributed by atoms with Gasteiger partial charge in [0.2, 0.25) is 0 Å². The van der Waals surface area contributed by atoms with E-state index >= 15 is 0 Å². The zero-order valence-corrected chi connectivity index (χ0v) is 19.9. The molecule has 182 valence electrons. The van der Waals surface area contributed by atoms with Crippen molar-refractivity contribution in [2.75, 3.05) is 19.6 Å². The van der Waals surface area contributed by atoms with E-state index in [1.807, 2.05) is 60.7 Å². The Labute approximate surface area is 200 Å². The second-order valence-corrected chi connectivity index (χ2v) is 8.57. The molecular formula is C26H32N2O6. The Morgan fingerprint density at radius 1 is 0.824 bits per heavy atom. The highest BCUT2D eigenvalue weighted by Crippen LogP contribution is 2.09. The molecule has 0 heterocycles. The number of nitrogens with one attached hydrogen (secondary N) is 1. The maximum absolute atomic E-state index is 12.4. The van der Waals surface area contributed by atoms with Crippen LogP contribution in [0.15, 0.2) is 72.9 Å². The van der Waals surface area contributed by atoms with Crippen molar-refractivity contribution in [2.24, 2.45) is 0 Å². The van der Waals surface area contributed by atoms with Crippen molar-refractivity contribution < 1.29 is 28.6 Å². The van der Waals surface area contributed by atoms with Crippen molar-refractivity contribution in [3.63, 3.8) is 0 Å². The number of alkyl carbamates (subject to hydrolysis) is 1. The molecule has 0 saturated heterocycles. The summed E-state index contributed by atoms with van der Waals surface area (Å²) in [6.45, 7) is 8.88. The minimum atomic E-state index is -0.659. The van der Waals surface area contributed by atoms with Crippen molar-refractivity contribution in [1.29, 1.82) is 0 Å². The fourth-order valence-electron chi connectivity index (χ4n) is 2.76. The molecule has 2 aromatic rings. The summed E-state index contributed by atoms with van der Waals surface area (Å²) < 4.78 is 15.9. The number of esters is 2. The van der Waals surface area contributed by atoms with Gasteiger partial charge in [0.25, 0.3) is 0 Å². The number of rotatable bonds is 11. The highest BCUT2D eigenvalue weighted by Gasteiger charge is 2.20. The molecule has 34 heavy (non-hydrogen) atoms. The summed E-state index contributed by atoms with van der Waals surface area (Å²) in [5, 5.41) is 2.58. The Kier molecular flexibility index (Phi) is 10.1. The average molecular weight is 469 g/mol. The zero-order valence-electron chi connectivity index (χ0n) is 19.9. The van der Waals surface area contributed by atoms with Gasteiger partial charge in [-0.3, -0.25) is 9.59 Å². The van der Waals surface area contributed by atoms with Gasteiger partial charge in [-0.05, 0) is 31.9 Å². The first-order valence-corrected chi connectivity index (χ1v) is 10.9. The van der Waals surface area contributed by atoms with E-state index < -0.39 is 23.6 Å². The molecule has 0 aliphatic rings. The van der Waals surface area contributed by atoms with Crippen LogP contribution in [0.5, 0.6) is 0 Å². The van der Waals surface area contributed by atoms with E-state index in [9.17, 15) is 14.4 Å². The van der Waals surface area contributed by atoms with E-state index in [1.54, 1.807) is 20.8 Å². The first-order chi connectivity index (χ1) is 16.1. The molecule has 0 atom stereocenters. The molecule has 2 aromatic carbocycles. The highest BCUT2D eigenvalue weighted by molar-refractivity contribution is 5.75. The summed E-state index contributed by atoms with van der Waals surface area (Å²) >= 11 is 0. The summed E-state index contributed by atoms with van der Waals surface area (Å²) in [5.74, 6) is -1.09. The molecule has 0 aliphatic carbocycles. The van der Waals surface area contributed by atoms with Crippen LogP contribution in [0.2, 0.25) is 0 Å². The molecule has 0 aliphatic heterocycles. The van der Waals surface area contributed by atoms with Crippen LogP contribution in [-0.4, -0.2) is 48.2 Å². The highest BCUT2D eigenvalue weighted by atomic mass is 16.6. The second-order valence-electron chi connectivity index (χ2n) is 8.57. The van der Waals surface area contributed by atoms with Crippen LogP contribution < -0.4 is 5.32 Å². The van der Waals surface area contributed by atoms with E-state index in [0.717, 1.165) is 11.1 Å². The number of nitrogens with zero attached hydrogens (tertiary/aromatic N) is 1. The first-order valence-electron chi connectivity index (χ1n) is 10.9. The number of carbonyl (C=O) groups excluding carboxylic acids is 3. The minimum absolute atomic E-state index is 0.0210. The lowest BCUT2D eigenvalue weighted by Crippen LogP contribution is -2.40. The molecule has 8 nitrogen and oxygen atoms in total. The molecule has 0 saturated carbocycles. The lowest BCUT2D eigenvalue weighted by molar-refractivity contribution is -0.149. The molecule has 0 aromatic heterocycles. The lowest BCUT2D eigenvalue weighted by atomic mass is 10.2. The third-order valence-corrected chi connectivity index (χ3v) is 4.41. The number of carbonyl (C=O) groups is 3. The van der Waals surface area contributed by atoms with Crippen LogP contribution in [-0.2, 0) is 37.0 Å². The van der Waals surface area contributed by atoms with Crippen LogP contribution >= 0.6 is 0 Å². The van der Waals surface area contributed by atoms with Gasteiger partial charge in [-0.25, -0.2) is 4.79 Å². The van der Waals surface area contributed by atoms with Crippen LogP contribution in [0.1, 0.15) is 31.9 Å². The monoisotopic (exact) mass is 468 g/mol. The van der Waals surface area contributed by atoms with Crippen molar-refractivity contribution in [1.82, 2.24) is 10.2 Å². The second kappa shape index (κ2) is 13.0. The van der Waals surface area contributed by atoms with Gasteiger partial charge in [0, 0.05) is 5.70 Å². The number of amides is 1. The quantitative estimate of drug-likeness (QED) is 0.396. The maximum atomic E-state index is 12.4. The molecule has 0 fully saturated rings. The molecule has 0 spiro atoms. The number of hydrogen-bond acceptors (Lipinski definition) is 7. The Bertz CT molecular complexity index is 897. The predicted molar refractivity (Wildman–Crippen MR) is 127 cm³/mol. The molecule has 1 N–H and O–H groups in total. The fraction of sp³-hybridized carbons (Fsp3) is 0.346. The van der Waals surface area contributed by atoms with Gasteiger partial charge in [-0.1, -0.05) is 67.2 Å². The summed E-state index contributed by atoms with van der Waals surface area (Å²) in [5.41, 5.74) is 1.36. The number of ether oxygens (including phenoxy) is 3. The van der Waals surface area contributed by atoms with Gasteiger partial charge in [0.1, 0.15) is 31.9 Å². The average Bonchev–Trinajstić information content (AvgIpc) is 2.79. The third-order valence-electron chi connectivity index (χ3n) is 4.41. The zero-order chi connectivity index (χ0) is 25.0. The van der Waals surface area contributed by atoms with Gasteiger partial charge >= 0.3 is 18.0 Å². The molecule has 2 rings (SSSR count). The Hall–Kier alpha value is -3.81. The summed E-state index contributed by atoms with van der Waals surface area (Å²) in [7, 11) is 0. The summed E-state index contributed by atoms with van der Waals surface area (Å²) in [4.78, 5) is 38.3. The van der Waals surface area contributed by atoms with E-state index in [-0.39, 0.29) is 32.8 Å². The standard InChI is InChI=1S/C26H32N2O6/c1-20(15-27-25(31)34-26(2,3)4)28(16-23(29)32-18-21-11-7-5-8-12-21)17-24(30)33-19-22-13-9-6-10-14-22/h5-14H,1,15-19H2,2-4H3,(H,27,31). The van der Waals surface area contributed by atoms with Gasteiger partial charge in [-0.15, -0.1) is 0 Å². The normalized spacial score (nSPS) is 10.7. The van der Waals surface area contributed by atoms with Crippen LogP contribution in [0, 0.1) is 0 Å². The molecule has 0 bridgehead atoms. The van der Waals surface area contributed by atoms with Gasteiger partial charge < -0.3 is 24.4 Å². The Morgan fingerprint density at radius 3 is 1.68 bits per heavy atom.